The summed E-state index contributed by atoms with van der Waals surface area (Å²) in [6, 6.07) is 9.02. The number of nitrogen functional groups attached to an aromatic ring is 1. The van der Waals surface area contributed by atoms with Crippen LogP contribution in [0.1, 0.15) is 10.5 Å². The van der Waals surface area contributed by atoms with Gasteiger partial charge >= 0.3 is 5.97 Å². The molecule has 2 aromatic rings. The van der Waals surface area contributed by atoms with Crippen molar-refractivity contribution in [2.75, 3.05) is 24.3 Å². The first-order valence-electron chi connectivity index (χ1n) is 6.15. The second-order valence-electron chi connectivity index (χ2n) is 4.15. The minimum absolute atomic E-state index is 0.0358. The minimum Gasteiger partial charge on any atom is -0.451 e. The van der Waals surface area contributed by atoms with Gasteiger partial charge in [-0.2, -0.15) is 0 Å². The molecule has 7 heteroatoms. The minimum atomic E-state index is -0.782. The molecule has 0 saturated heterocycles. The molecule has 0 saturated carbocycles. The van der Waals surface area contributed by atoms with Gasteiger partial charge in [0.05, 0.1) is 0 Å². The molecule has 0 atom stereocenters. The van der Waals surface area contributed by atoms with E-state index in [0.29, 0.717) is 5.69 Å². The highest BCUT2D eigenvalue weighted by Crippen LogP contribution is 2.11. The number of para-hydroxylation sites is 1. The van der Waals surface area contributed by atoms with Crippen LogP contribution >= 0.6 is 0 Å². The van der Waals surface area contributed by atoms with Crippen molar-refractivity contribution in [2.24, 2.45) is 0 Å². The molecular formula is C14H14N4O3. The summed E-state index contributed by atoms with van der Waals surface area (Å²) in [5.74, 6) is -1.18. The van der Waals surface area contributed by atoms with Crippen molar-refractivity contribution in [1.82, 2.24) is 9.97 Å². The third kappa shape index (κ3) is 3.53. The summed E-state index contributed by atoms with van der Waals surface area (Å²) in [5, 5.41) is 0. The van der Waals surface area contributed by atoms with Crippen molar-refractivity contribution in [3.05, 3.63) is 48.4 Å². The molecule has 1 amide bonds. The van der Waals surface area contributed by atoms with Gasteiger partial charge < -0.3 is 15.4 Å². The summed E-state index contributed by atoms with van der Waals surface area (Å²) < 4.78 is 4.90. The number of hydrogen-bond acceptors (Lipinski definition) is 6. The molecule has 0 aliphatic carbocycles. The Bertz CT molecular complexity index is 646. The van der Waals surface area contributed by atoms with Crippen LogP contribution in [0.15, 0.2) is 42.7 Å². The molecule has 0 radical (unpaired) electrons. The van der Waals surface area contributed by atoms with Crippen LogP contribution in [0.4, 0.5) is 11.5 Å². The number of likely N-dealkylation sites (N-methyl/N-ethyl adjacent to an activating group) is 1. The highest BCUT2D eigenvalue weighted by molar-refractivity contribution is 5.97. The van der Waals surface area contributed by atoms with E-state index >= 15 is 0 Å². The fourth-order valence-corrected chi connectivity index (χ4v) is 1.59. The normalized spacial score (nSPS) is 9.95. The van der Waals surface area contributed by atoms with Crippen molar-refractivity contribution >= 4 is 23.4 Å². The van der Waals surface area contributed by atoms with Crippen molar-refractivity contribution in [3.8, 4) is 0 Å². The van der Waals surface area contributed by atoms with E-state index in [0.717, 1.165) is 0 Å². The fraction of sp³-hybridized carbons (Fsp3) is 0.143. The van der Waals surface area contributed by atoms with Crippen LogP contribution < -0.4 is 10.6 Å². The first-order chi connectivity index (χ1) is 10.1. The molecule has 2 N–H and O–H groups in total. The summed E-state index contributed by atoms with van der Waals surface area (Å²) in [7, 11) is 1.60. The van der Waals surface area contributed by atoms with Crippen molar-refractivity contribution in [3.63, 3.8) is 0 Å². The van der Waals surface area contributed by atoms with Crippen LogP contribution in [0.25, 0.3) is 0 Å². The number of benzene rings is 1. The van der Waals surface area contributed by atoms with Crippen molar-refractivity contribution in [2.45, 2.75) is 0 Å². The number of anilines is 2. The monoisotopic (exact) mass is 286 g/mol. The van der Waals surface area contributed by atoms with Gasteiger partial charge in [0.15, 0.2) is 18.1 Å². The number of carbonyl (C=O) groups is 2. The Morgan fingerprint density at radius 1 is 1.19 bits per heavy atom. The summed E-state index contributed by atoms with van der Waals surface area (Å²) in [6.45, 7) is -0.403. The number of rotatable bonds is 4. The van der Waals surface area contributed by atoms with E-state index in [4.69, 9.17) is 10.5 Å². The lowest BCUT2D eigenvalue weighted by molar-refractivity contribution is -0.121. The third-order valence-corrected chi connectivity index (χ3v) is 2.76. The zero-order valence-electron chi connectivity index (χ0n) is 11.4. The molecule has 7 nitrogen and oxygen atoms in total. The van der Waals surface area contributed by atoms with E-state index in [1.165, 1.54) is 17.3 Å². The molecule has 2 rings (SSSR count). The first-order valence-corrected chi connectivity index (χ1v) is 6.15. The first kappa shape index (κ1) is 14.4. The predicted molar refractivity (Wildman–Crippen MR) is 76.6 cm³/mol. The van der Waals surface area contributed by atoms with Crippen LogP contribution in [0, 0.1) is 0 Å². The predicted octanol–water partition coefficient (Wildman–Crippen LogP) is 0.879. The van der Waals surface area contributed by atoms with E-state index < -0.39 is 12.6 Å². The molecule has 1 aromatic carbocycles. The molecule has 0 fully saturated rings. The van der Waals surface area contributed by atoms with Gasteiger partial charge in [0.1, 0.15) is 0 Å². The quantitative estimate of drug-likeness (QED) is 0.838. The zero-order chi connectivity index (χ0) is 15.2. The lowest BCUT2D eigenvalue weighted by Crippen LogP contribution is -2.31. The van der Waals surface area contributed by atoms with Gasteiger partial charge in [-0.3, -0.25) is 4.79 Å². The van der Waals surface area contributed by atoms with Crippen LogP contribution in [0.5, 0.6) is 0 Å². The number of hydrogen-bond donors (Lipinski definition) is 1. The van der Waals surface area contributed by atoms with Gasteiger partial charge in [0, 0.05) is 25.1 Å². The second-order valence-corrected chi connectivity index (χ2v) is 4.15. The number of amides is 1. The summed E-state index contributed by atoms with van der Waals surface area (Å²) in [6.07, 6.45) is 2.69. The number of esters is 1. The standard InChI is InChI=1S/C14H14N4O3/c1-18(10-5-3-2-4-6-10)11(19)9-21-14(20)12-13(15)17-8-7-16-12/h2-8H,9H2,1H3,(H2,15,17). The molecule has 0 aliphatic heterocycles. The second kappa shape index (κ2) is 6.47. The van der Waals surface area contributed by atoms with Gasteiger partial charge in [-0.25, -0.2) is 14.8 Å². The van der Waals surface area contributed by atoms with Gasteiger partial charge in [0.2, 0.25) is 0 Å². The Balaban J connectivity index is 1.95. The fourth-order valence-electron chi connectivity index (χ4n) is 1.59. The Kier molecular flexibility index (Phi) is 4.45. The number of ether oxygens (including phenoxy) is 1. The van der Waals surface area contributed by atoms with Crippen LogP contribution in [0.2, 0.25) is 0 Å². The molecule has 0 unspecified atom stereocenters. The molecule has 21 heavy (non-hydrogen) atoms. The van der Waals surface area contributed by atoms with E-state index in [1.54, 1.807) is 19.2 Å². The Hall–Kier alpha value is -2.96. The zero-order valence-corrected chi connectivity index (χ0v) is 11.4. The summed E-state index contributed by atoms with van der Waals surface area (Å²) in [5.41, 5.74) is 6.11. The topological polar surface area (TPSA) is 98.4 Å². The summed E-state index contributed by atoms with van der Waals surface area (Å²) in [4.78, 5) is 32.6. The van der Waals surface area contributed by atoms with E-state index in [-0.39, 0.29) is 17.4 Å². The number of aromatic nitrogens is 2. The number of nitrogens with two attached hydrogens (primary N) is 1. The van der Waals surface area contributed by atoms with Crippen molar-refractivity contribution < 1.29 is 14.3 Å². The summed E-state index contributed by atoms with van der Waals surface area (Å²) >= 11 is 0. The van der Waals surface area contributed by atoms with Crippen LogP contribution in [-0.4, -0.2) is 35.5 Å². The highest BCUT2D eigenvalue weighted by Gasteiger charge is 2.17. The van der Waals surface area contributed by atoms with Gasteiger partial charge in [-0.05, 0) is 12.1 Å². The largest absolute Gasteiger partial charge is 0.451 e. The molecule has 1 aromatic heterocycles. The molecule has 108 valence electrons. The maximum atomic E-state index is 11.9. The lowest BCUT2D eigenvalue weighted by atomic mass is 10.3. The van der Waals surface area contributed by atoms with Crippen molar-refractivity contribution in [1.29, 1.82) is 0 Å². The maximum absolute atomic E-state index is 11.9. The Labute approximate surface area is 121 Å². The average molecular weight is 286 g/mol. The molecule has 0 aliphatic rings. The average Bonchev–Trinajstić information content (AvgIpc) is 2.52. The van der Waals surface area contributed by atoms with Gasteiger partial charge in [-0.15, -0.1) is 0 Å². The molecule has 0 spiro atoms. The van der Waals surface area contributed by atoms with Gasteiger partial charge in [-0.1, -0.05) is 18.2 Å². The van der Waals surface area contributed by atoms with E-state index in [2.05, 4.69) is 9.97 Å². The van der Waals surface area contributed by atoms with Gasteiger partial charge in [0.25, 0.3) is 5.91 Å². The number of nitrogens with zero attached hydrogens (tertiary/aromatic N) is 3. The Morgan fingerprint density at radius 2 is 1.86 bits per heavy atom. The van der Waals surface area contributed by atoms with Crippen LogP contribution in [-0.2, 0) is 9.53 Å². The molecular weight excluding hydrogens is 272 g/mol. The lowest BCUT2D eigenvalue weighted by Gasteiger charge is -2.17. The maximum Gasteiger partial charge on any atom is 0.361 e. The Morgan fingerprint density at radius 3 is 2.52 bits per heavy atom. The highest BCUT2D eigenvalue weighted by atomic mass is 16.5. The molecule has 1 heterocycles. The smallest absolute Gasteiger partial charge is 0.361 e. The van der Waals surface area contributed by atoms with E-state index in [9.17, 15) is 9.59 Å². The molecule has 0 bridgehead atoms. The van der Waals surface area contributed by atoms with E-state index in [1.807, 2.05) is 18.2 Å². The third-order valence-electron chi connectivity index (χ3n) is 2.76. The van der Waals surface area contributed by atoms with Crippen LogP contribution in [0.3, 0.4) is 0 Å². The SMILES string of the molecule is CN(C(=O)COC(=O)c1nccnc1N)c1ccccc1. The number of carbonyl (C=O) groups excluding carboxylic acids is 2.